The summed E-state index contributed by atoms with van der Waals surface area (Å²) < 4.78 is 7.62. The number of aromatic nitrogens is 3. The molecule has 1 aromatic heterocycles. The largest absolute Gasteiger partial charge is 0.493 e. The Bertz CT molecular complexity index is 581. The Kier molecular flexibility index (Phi) is 3.69. The lowest BCUT2D eigenvalue weighted by Crippen LogP contribution is -2.31. The molecule has 2 heterocycles. The molecule has 0 spiro atoms. The highest BCUT2D eigenvalue weighted by atomic mass is 16.5. The number of hydrogen-bond acceptors (Lipinski definition) is 4. The van der Waals surface area contributed by atoms with Crippen LogP contribution in [0.15, 0.2) is 30.5 Å². The van der Waals surface area contributed by atoms with Gasteiger partial charge in [-0.2, -0.15) is 0 Å². The maximum Gasteiger partial charge on any atom is 0.122 e. The zero-order valence-electron chi connectivity index (χ0n) is 11.9. The van der Waals surface area contributed by atoms with Crippen LogP contribution in [0.2, 0.25) is 0 Å². The smallest absolute Gasteiger partial charge is 0.122 e. The van der Waals surface area contributed by atoms with Crippen LogP contribution in [0, 0.1) is 0 Å². The van der Waals surface area contributed by atoms with E-state index in [-0.39, 0.29) is 6.04 Å². The molecule has 2 aromatic rings. The third-order valence-corrected chi connectivity index (χ3v) is 3.90. The monoisotopic (exact) mass is 272 g/mol. The Morgan fingerprint density at radius 2 is 2.30 bits per heavy atom. The molecule has 1 N–H and O–H groups in total. The summed E-state index contributed by atoms with van der Waals surface area (Å²) in [5.41, 5.74) is 2.39. The number of rotatable bonds is 4. The van der Waals surface area contributed by atoms with E-state index in [0.717, 1.165) is 31.0 Å². The molecule has 0 bridgehead atoms. The first-order valence-corrected chi connectivity index (χ1v) is 7.11. The van der Waals surface area contributed by atoms with E-state index in [1.54, 1.807) is 0 Å². The lowest BCUT2D eigenvalue weighted by Gasteiger charge is -2.32. The number of hydrogen-bond donors (Lipinski definition) is 1. The van der Waals surface area contributed by atoms with Crippen molar-refractivity contribution in [3.63, 3.8) is 0 Å². The average molecular weight is 272 g/mol. The Labute approximate surface area is 118 Å². The minimum absolute atomic E-state index is 0.213. The summed E-state index contributed by atoms with van der Waals surface area (Å²) in [4.78, 5) is 0. The third kappa shape index (κ3) is 2.29. The van der Waals surface area contributed by atoms with E-state index in [2.05, 4.69) is 34.7 Å². The molecule has 3 rings (SSSR count). The molecule has 2 atom stereocenters. The highest BCUT2D eigenvalue weighted by molar-refractivity contribution is 5.39. The van der Waals surface area contributed by atoms with Gasteiger partial charge >= 0.3 is 0 Å². The zero-order valence-corrected chi connectivity index (χ0v) is 11.9. The Morgan fingerprint density at radius 1 is 1.45 bits per heavy atom. The standard InChI is InChI=1S/C15H20N4O/c1-3-16-15(13-10-17-18-19(13)2)12-8-9-20-14-7-5-4-6-11(12)14/h4-7,10,12,15-16H,3,8-9H2,1-2H3. The van der Waals surface area contributed by atoms with Crippen molar-refractivity contribution in [3.8, 4) is 5.75 Å². The summed E-state index contributed by atoms with van der Waals surface area (Å²) in [6.07, 6.45) is 2.85. The molecule has 0 saturated carbocycles. The highest BCUT2D eigenvalue weighted by Crippen LogP contribution is 2.40. The lowest BCUT2D eigenvalue weighted by atomic mass is 9.85. The molecule has 5 heteroatoms. The van der Waals surface area contributed by atoms with Crippen molar-refractivity contribution in [3.05, 3.63) is 41.7 Å². The van der Waals surface area contributed by atoms with Crippen LogP contribution in [0.25, 0.3) is 0 Å². The zero-order chi connectivity index (χ0) is 13.9. The van der Waals surface area contributed by atoms with Crippen LogP contribution in [0.5, 0.6) is 5.75 Å². The first-order chi connectivity index (χ1) is 9.81. The molecule has 0 amide bonds. The Morgan fingerprint density at radius 3 is 3.05 bits per heavy atom. The second kappa shape index (κ2) is 5.63. The van der Waals surface area contributed by atoms with Crippen LogP contribution in [0.4, 0.5) is 0 Å². The van der Waals surface area contributed by atoms with Crippen LogP contribution in [0.3, 0.4) is 0 Å². The third-order valence-electron chi connectivity index (χ3n) is 3.90. The van der Waals surface area contributed by atoms with E-state index in [4.69, 9.17) is 4.74 Å². The van der Waals surface area contributed by atoms with Gasteiger partial charge in [0.1, 0.15) is 5.75 Å². The summed E-state index contributed by atoms with van der Waals surface area (Å²) in [7, 11) is 1.94. The van der Waals surface area contributed by atoms with Gasteiger partial charge in [0, 0.05) is 13.0 Å². The van der Waals surface area contributed by atoms with Crippen molar-refractivity contribution in [2.24, 2.45) is 7.05 Å². The summed E-state index contributed by atoms with van der Waals surface area (Å²) in [6.45, 7) is 3.80. The number of likely N-dealkylation sites (N-methyl/N-ethyl adjacent to an activating group) is 1. The van der Waals surface area contributed by atoms with Gasteiger partial charge in [-0.05, 0) is 24.6 Å². The quantitative estimate of drug-likeness (QED) is 0.925. The fraction of sp³-hybridized carbons (Fsp3) is 0.467. The summed E-state index contributed by atoms with van der Waals surface area (Å²) >= 11 is 0. The van der Waals surface area contributed by atoms with Gasteiger partial charge in [-0.25, -0.2) is 0 Å². The van der Waals surface area contributed by atoms with Gasteiger partial charge in [-0.1, -0.05) is 30.3 Å². The van der Waals surface area contributed by atoms with Crippen molar-refractivity contribution in [1.29, 1.82) is 0 Å². The maximum atomic E-state index is 5.76. The van der Waals surface area contributed by atoms with Crippen molar-refractivity contribution < 1.29 is 4.74 Å². The minimum Gasteiger partial charge on any atom is -0.493 e. The van der Waals surface area contributed by atoms with Gasteiger partial charge < -0.3 is 10.1 Å². The molecule has 0 aliphatic carbocycles. The second-order valence-electron chi connectivity index (χ2n) is 5.10. The van der Waals surface area contributed by atoms with Crippen LogP contribution < -0.4 is 10.1 Å². The van der Waals surface area contributed by atoms with Crippen molar-refractivity contribution >= 4 is 0 Å². The van der Waals surface area contributed by atoms with Gasteiger partial charge in [0.05, 0.1) is 24.5 Å². The molecular formula is C15H20N4O. The summed E-state index contributed by atoms with van der Waals surface area (Å²) in [5.74, 6) is 1.39. The van der Waals surface area contributed by atoms with E-state index in [9.17, 15) is 0 Å². The lowest BCUT2D eigenvalue weighted by molar-refractivity contribution is 0.244. The summed E-state index contributed by atoms with van der Waals surface area (Å²) in [5, 5.41) is 11.7. The number of ether oxygens (including phenoxy) is 1. The number of fused-ring (bicyclic) bond motifs is 1. The molecule has 5 nitrogen and oxygen atoms in total. The fourth-order valence-corrected chi connectivity index (χ4v) is 2.97. The van der Waals surface area contributed by atoms with Crippen molar-refractivity contribution in [1.82, 2.24) is 20.3 Å². The van der Waals surface area contributed by atoms with Gasteiger partial charge in [0.25, 0.3) is 0 Å². The number of aryl methyl sites for hydroxylation is 1. The topological polar surface area (TPSA) is 52.0 Å². The first-order valence-electron chi connectivity index (χ1n) is 7.11. The van der Waals surface area contributed by atoms with Gasteiger partial charge in [-0.15, -0.1) is 5.10 Å². The van der Waals surface area contributed by atoms with Crippen LogP contribution in [-0.2, 0) is 7.05 Å². The molecule has 1 aliphatic heterocycles. The van der Waals surface area contributed by atoms with Crippen molar-refractivity contribution in [2.45, 2.75) is 25.3 Å². The molecule has 1 aliphatic rings. The summed E-state index contributed by atoms with van der Waals surface area (Å²) in [6, 6.07) is 8.52. The van der Waals surface area contributed by atoms with Crippen LogP contribution in [-0.4, -0.2) is 28.1 Å². The molecule has 0 radical (unpaired) electrons. The van der Waals surface area contributed by atoms with E-state index >= 15 is 0 Å². The maximum absolute atomic E-state index is 5.76. The fourth-order valence-electron chi connectivity index (χ4n) is 2.97. The molecular weight excluding hydrogens is 252 g/mol. The second-order valence-corrected chi connectivity index (χ2v) is 5.10. The van der Waals surface area contributed by atoms with Gasteiger partial charge in [0.2, 0.25) is 0 Å². The molecule has 106 valence electrons. The van der Waals surface area contributed by atoms with Crippen molar-refractivity contribution in [2.75, 3.05) is 13.2 Å². The number of para-hydroxylation sites is 1. The molecule has 0 saturated heterocycles. The number of nitrogens with one attached hydrogen (secondary N) is 1. The molecule has 20 heavy (non-hydrogen) atoms. The van der Waals surface area contributed by atoms with E-state index in [1.807, 2.05) is 30.1 Å². The molecule has 2 unspecified atom stereocenters. The van der Waals surface area contributed by atoms with E-state index in [1.165, 1.54) is 5.56 Å². The average Bonchev–Trinajstić information content (AvgIpc) is 2.90. The molecule has 1 aromatic carbocycles. The minimum atomic E-state index is 0.213. The first kappa shape index (κ1) is 13.1. The Balaban J connectivity index is 1.99. The Hall–Kier alpha value is -1.88. The number of nitrogens with zero attached hydrogens (tertiary/aromatic N) is 3. The predicted octanol–water partition coefficient (Wildman–Crippen LogP) is 2.03. The number of benzene rings is 1. The SMILES string of the molecule is CCNC(c1cnnn1C)C1CCOc2ccccc21. The van der Waals surface area contributed by atoms with Gasteiger partial charge in [0.15, 0.2) is 0 Å². The van der Waals surface area contributed by atoms with Gasteiger partial charge in [-0.3, -0.25) is 4.68 Å². The predicted molar refractivity (Wildman–Crippen MR) is 76.7 cm³/mol. The normalized spacial score (nSPS) is 19.2. The van der Waals surface area contributed by atoms with E-state index < -0.39 is 0 Å². The molecule has 0 fully saturated rings. The van der Waals surface area contributed by atoms with Crippen LogP contribution in [0.1, 0.15) is 36.6 Å². The highest BCUT2D eigenvalue weighted by Gasteiger charge is 2.31. The van der Waals surface area contributed by atoms with Crippen LogP contribution >= 0.6 is 0 Å². The van der Waals surface area contributed by atoms with E-state index in [0.29, 0.717) is 5.92 Å².